The van der Waals surface area contributed by atoms with Gasteiger partial charge in [-0.2, -0.15) is 13.5 Å². The SMILES string of the molecule is COc1ccc(-c2c(C)nn(-c3ccc(CCCS(=O)(=O)O)cc3)c2C)cc1OC. The molecule has 3 rings (SSSR count). The van der Waals surface area contributed by atoms with E-state index in [0.29, 0.717) is 24.3 Å². The first-order valence-electron chi connectivity index (χ1n) is 9.56. The van der Waals surface area contributed by atoms with Gasteiger partial charge in [-0.25, -0.2) is 4.68 Å². The Kier molecular flexibility index (Phi) is 6.48. The van der Waals surface area contributed by atoms with Crippen molar-refractivity contribution in [1.82, 2.24) is 9.78 Å². The van der Waals surface area contributed by atoms with Gasteiger partial charge in [0.05, 0.1) is 31.4 Å². The number of rotatable bonds is 8. The van der Waals surface area contributed by atoms with Crippen LogP contribution in [0.2, 0.25) is 0 Å². The van der Waals surface area contributed by atoms with Gasteiger partial charge in [-0.15, -0.1) is 0 Å². The highest BCUT2D eigenvalue weighted by Crippen LogP contribution is 2.35. The van der Waals surface area contributed by atoms with Crippen molar-refractivity contribution in [1.29, 1.82) is 0 Å². The normalized spacial score (nSPS) is 11.5. The molecule has 8 heteroatoms. The minimum absolute atomic E-state index is 0.235. The van der Waals surface area contributed by atoms with Gasteiger partial charge in [0.1, 0.15) is 0 Å². The molecule has 30 heavy (non-hydrogen) atoms. The van der Waals surface area contributed by atoms with E-state index in [1.807, 2.05) is 61.0 Å². The quantitative estimate of drug-likeness (QED) is 0.544. The van der Waals surface area contributed by atoms with Gasteiger partial charge in [-0.05, 0) is 62.1 Å². The van der Waals surface area contributed by atoms with Crippen molar-refractivity contribution in [2.45, 2.75) is 26.7 Å². The zero-order chi connectivity index (χ0) is 21.9. The number of methoxy groups -OCH3 is 2. The van der Waals surface area contributed by atoms with Crippen LogP contribution in [0.5, 0.6) is 11.5 Å². The summed E-state index contributed by atoms with van der Waals surface area (Å²) in [7, 11) is -0.697. The minimum Gasteiger partial charge on any atom is -0.493 e. The molecular formula is C22H26N2O5S. The first-order valence-corrected chi connectivity index (χ1v) is 11.2. The molecule has 0 spiro atoms. The molecule has 7 nitrogen and oxygen atoms in total. The third kappa shape index (κ3) is 4.83. The summed E-state index contributed by atoms with van der Waals surface area (Å²) >= 11 is 0. The Bertz CT molecular complexity index is 1140. The Labute approximate surface area is 177 Å². The maximum Gasteiger partial charge on any atom is 0.264 e. The predicted molar refractivity (Wildman–Crippen MR) is 116 cm³/mol. The lowest BCUT2D eigenvalue weighted by molar-refractivity contribution is 0.355. The fourth-order valence-electron chi connectivity index (χ4n) is 3.57. The average Bonchev–Trinajstić information content (AvgIpc) is 3.01. The van der Waals surface area contributed by atoms with Gasteiger partial charge < -0.3 is 9.47 Å². The Balaban J connectivity index is 1.87. The van der Waals surface area contributed by atoms with E-state index in [1.54, 1.807) is 14.2 Å². The number of benzene rings is 2. The summed E-state index contributed by atoms with van der Waals surface area (Å²) in [6, 6.07) is 13.6. The molecule has 1 N–H and O–H groups in total. The minimum atomic E-state index is -3.92. The van der Waals surface area contributed by atoms with E-state index < -0.39 is 10.1 Å². The molecule has 0 aliphatic rings. The van der Waals surface area contributed by atoms with Crippen LogP contribution in [0.25, 0.3) is 16.8 Å². The first-order chi connectivity index (χ1) is 14.2. The zero-order valence-electron chi connectivity index (χ0n) is 17.5. The third-order valence-electron chi connectivity index (χ3n) is 5.01. The fourth-order valence-corrected chi connectivity index (χ4v) is 4.08. The molecule has 0 atom stereocenters. The molecule has 1 aromatic heterocycles. The van der Waals surface area contributed by atoms with Crippen LogP contribution in [0.15, 0.2) is 42.5 Å². The summed E-state index contributed by atoms with van der Waals surface area (Å²) in [4.78, 5) is 0. The number of nitrogens with zero attached hydrogens (tertiary/aromatic N) is 2. The monoisotopic (exact) mass is 430 g/mol. The van der Waals surface area contributed by atoms with E-state index >= 15 is 0 Å². The molecular weight excluding hydrogens is 404 g/mol. The van der Waals surface area contributed by atoms with Crippen molar-refractivity contribution in [3.05, 3.63) is 59.4 Å². The summed E-state index contributed by atoms with van der Waals surface area (Å²) in [5.74, 6) is 1.10. The molecule has 3 aromatic rings. The standard InChI is InChI=1S/C22H26N2O5S/c1-15-22(18-9-12-20(28-3)21(14-18)29-4)16(2)24(23-15)19-10-7-17(8-11-19)6-5-13-30(25,26)27/h7-12,14H,5-6,13H2,1-4H3,(H,25,26,27). The third-order valence-corrected chi connectivity index (χ3v) is 5.82. The number of aromatic nitrogens is 2. The second kappa shape index (κ2) is 8.89. The molecule has 0 fully saturated rings. The van der Waals surface area contributed by atoms with E-state index in [2.05, 4.69) is 0 Å². The van der Waals surface area contributed by atoms with Gasteiger partial charge in [-0.3, -0.25) is 4.55 Å². The molecule has 0 saturated heterocycles. The molecule has 160 valence electrons. The van der Waals surface area contributed by atoms with E-state index in [1.165, 1.54) is 0 Å². The van der Waals surface area contributed by atoms with E-state index in [9.17, 15) is 8.42 Å². The molecule has 0 bridgehead atoms. The second-order valence-corrected chi connectivity index (χ2v) is 8.66. The second-order valence-electron chi connectivity index (χ2n) is 7.08. The predicted octanol–water partition coefficient (Wildman–Crippen LogP) is 3.99. The van der Waals surface area contributed by atoms with Gasteiger partial charge in [0, 0.05) is 11.3 Å². The molecule has 1 heterocycles. The Morgan fingerprint density at radius 3 is 2.27 bits per heavy atom. The number of aryl methyl sites for hydroxylation is 2. The van der Waals surface area contributed by atoms with E-state index in [-0.39, 0.29) is 5.75 Å². The summed E-state index contributed by atoms with van der Waals surface area (Å²) < 4.78 is 43.2. The van der Waals surface area contributed by atoms with Crippen LogP contribution in [-0.2, 0) is 16.5 Å². The highest BCUT2D eigenvalue weighted by Gasteiger charge is 2.16. The van der Waals surface area contributed by atoms with Crippen molar-refractivity contribution in [3.8, 4) is 28.3 Å². The van der Waals surface area contributed by atoms with Crippen LogP contribution in [-0.4, -0.2) is 42.7 Å². The van der Waals surface area contributed by atoms with Crippen molar-refractivity contribution < 1.29 is 22.4 Å². The lowest BCUT2D eigenvalue weighted by Gasteiger charge is -2.10. The topological polar surface area (TPSA) is 90.7 Å². The molecule has 0 unspecified atom stereocenters. The van der Waals surface area contributed by atoms with Crippen molar-refractivity contribution in [2.24, 2.45) is 0 Å². The molecule has 0 radical (unpaired) electrons. The smallest absolute Gasteiger partial charge is 0.264 e. The van der Waals surface area contributed by atoms with Crippen LogP contribution in [0.4, 0.5) is 0 Å². The van der Waals surface area contributed by atoms with Crippen LogP contribution in [0.3, 0.4) is 0 Å². The lowest BCUT2D eigenvalue weighted by atomic mass is 10.0. The molecule has 0 saturated carbocycles. The van der Waals surface area contributed by atoms with Crippen LogP contribution < -0.4 is 9.47 Å². The van der Waals surface area contributed by atoms with Crippen molar-refractivity contribution in [3.63, 3.8) is 0 Å². The summed E-state index contributed by atoms with van der Waals surface area (Å²) in [5, 5.41) is 4.71. The molecule has 0 aliphatic carbocycles. The van der Waals surface area contributed by atoms with Gasteiger partial charge in [0.25, 0.3) is 10.1 Å². The van der Waals surface area contributed by atoms with Crippen LogP contribution >= 0.6 is 0 Å². The van der Waals surface area contributed by atoms with Crippen molar-refractivity contribution >= 4 is 10.1 Å². The fraction of sp³-hybridized carbons (Fsp3) is 0.318. The Hall–Kier alpha value is -2.84. The highest BCUT2D eigenvalue weighted by atomic mass is 32.2. The van der Waals surface area contributed by atoms with Gasteiger partial charge in [0.15, 0.2) is 11.5 Å². The maximum absolute atomic E-state index is 10.9. The van der Waals surface area contributed by atoms with Crippen LogP contribution in [0, 0.1) is 13.8 Å². The van der Waals surface area contributed by atoms with Gasteiger partial charge >= 0.3 is 0 Å². The number of hydrogen-bond donors (Lipinski definition) is 1. The average molecular weight is 431 g/mol. The largest absolute Gasteiger partial charge is 0.493 e. The summed E-state index contributed by atoms with van der Waals surface area (Å²) in [5.41, 5.74) is 5.85. The first kappa shape index (κ1) is 21.9. The molecule has 0 amide bonds. The maximum atomic E-state index is 10.9. The molecule has 0 aliphatic heterocycles. The van der Waals surface area contributed by atoms with Crippen molar-refractivity contribution in [2.75, 3.05) is 20.0 Å². The Morgan fingerprint density at radius 2 is 1.67 bits per heavy atom. The van der Waals surface area contributed by atoms with Crippen LogP contribution in [0.1, 0.15) is 23.4 Å². The zero-order valence-corrected chi connectivity index (χ0v) is 18.4. The highest BCUT2D eigenvalue weighted by molar-refractivity contribution is 7.85. The number of hydrogen-bond acceptors (Lipinski definition) is 5. The Morgan fingerprint density at radius 1 is 1.00 bits per heavy atom. The van der Waals surface area contributed by atoms with Gasteiger partial charge in [-0.1, -0.05) is 18.2 Å². The number of ether oxygens (including phenoxy) is 2. The summed E-state index contributed by atoms with van der Waals surface area (Å²) in [6.45, 7) is 3.99. The van der Waals surface area contributed by atoms with Gasteiger partial charge in [0.2, 0.25) is 0 Å². The van der Waals surface area contributed by atoms with E-state index in [4.69, 9.17) is 19.1 Å². The molecule has 2 aromatic carbocycles. The lowest BCUT2D eigenvalue weighted by Crippen LogP contribution is -2.05. The van der Waals surface area contributed by atoms with E-state index in [0.717, 1.165) is 33.8 Å². The summed E-state index contributed by atoms with van der Waals surface area (Å²) in [6.07, 6.45) is 0.954.